The van der Waals surface area contributed by atoms with Crippen molar-refractivity contribution in [1.82, 2.24) is 19.5 Å². The van der Waals surface area contributed by atoms with Crippen LogP contribution < -0.4 is 0 Å². The van der Waals surface area contributed by atoms with Crippen LogP contribution in [0.4, 0.5) is 0 Å². The fourth-order valence-electron chi connectivity index (χ4n) is 6.36. The lowest BCUT2D eigenvalue weighted by atomic mass is 10.0. The molecular formula is C41H26N4. The van der Waals surface area contributed by atoms with Gasteiger partial charge in [-0.3, -0.25) is 4.57 Å². The van der Waals surface area contributed by atoms with Gasteiger partial charge in [-0.2, -0.15) is 9.97 Å². The van der Waals surface area contributed by atoms with Crippen molar-refractivity contribution in [2.24, 2.45) is 0 Å². The average molecular weight is 575 g/mol. The molecule has 7 aromatic carbocycles. The molecule has 0 atom stereocenters. The van der Waals surface area contributed by atoms with Crippen LogP contribution in [0.2, 0.25) is 0 Å². The third kappa shape index (κ3) is 4.35. The molecule has 4 heteroatoms. The molecule has 2 aromatic heterocycles. The molecule has 0 radical (unpaired) electrons. The van der Waals surface area contributed by atoms with Crippen LogP contribution in [0.5, 0.6) is 0 Å². The Bertz CT molecular complexity index is 2530. The zero-order valence-electron chi connectivity index (χ0n) is 24.3. The molecule has 0 N–H and O–H groups in total. The summed E-state index contributed by atoms with van der Waals surface area (Å²) in [6.07, 6.45) is 0. The molecule has 2 heterocycles. The van der Waals surface area contributed by atoms with Gasteiger partial charge in [-0.05, 0) is 56.9 Å². The third-order valence-corrected chi connectivity index (χ3v) is 8.62. The van der Waals surface area contributed by atoms with Gasteiger partial charge in [-0.25, -0.2) is 4.98 Å². The van der Waals surface area contributed by atoms with E-state index in [1.165, 1.54) is 32.5 Å². The zero-order valence-corrected chi connectivity index (χ0v) is 24.3. The molecular weight excluding hydrogens is 548 g/mol. The zero-order chi connectivity index (χ0) is 29.7. The number of rotatable bonds is 4. The molecule has 0 aliphatic carbocycles. The van der Waals surface area contributed by atoms with E-state index >= 15 is 0 Å². The maximum absolute atomic E-state index is 5.16. The first kappa shape index (κ1) is 25.4. The van der Waals surface area contributed by atoms with Gasteiger partial charge in [0.2, 0.25) is 5.95 Å². The van der Waals surface area contributed by atoms with Gasteiger partial charge in [0, 0.05) is 21.9 Å². The van der Waals surface area contributed by atoms with Crippen LogP contribution in [0.15, 0.2) is 158 Å². The molecule has 0 aliphatic heterocycles. The summed E-state index contributed by atoms with van der Waals surface area (Å²) in [6.45, 7) is 0. The van der Waals surface area contributed by atoms with Crippen LogP contribution in [-0.4, -0.2) is 19.5 Å². The number of nitrogens with zero attached hydrogens (tertiary/aromatic N) is 4. The fraction of sp³-hybridized carbons (Fsp3) is 0. The van der Waals surface area contributed by atoms with Gasteiger partial charge >= 0.3 is 0 Å². The highest BCUT2D eigenvalue weighted by Gasteiger charge is 2.18. The van der Waals surface area contributed by atoms with Crippen molar-refractivity contribution in [2.75, 3.05) is 0 Å². The molecule has 0 amide bonds. The molecule has 0 saturated heterocycles. The van der Waals surface area contributed by atoms with E-state index in [-0.39, 0.29) is 0 Å². The Morgan fingerprint density at radius 2 is 0.889 bits per heavy atom. The monoisotopic (exact) mass is 574 g/mol. The Hall–Kier alpha value is -6.13. The van der Waals surface area contributed by atoms with Crippen molar-refractivity contribution in [3.8, 4) is 39.9 Å². The minimum Gasteiger partial charge on any atom is -0.278 e. The highest BCUT2D eigenvalue weighted by atomic mass is 15.2. The number of para-hydroxylation sites is 1. The van der Waals surface area contributed by atoms with E-state index in [0.717, 1.165) is 33.1 Å². The average Bonchev–Trinajstić information content (AvgIpc) is 3.44. The summed E-state index contributed by atoms with van der Waals surface area (Å²) in [5.41, 5.74) is 6.34. The van der Waals surface area contributed by atoms with Crippen molar-refractivity contribution < 1.29 is 0 Å². The second kappa shape index (κ2) is 10.2. The Morgan fingerprint density at radius 1 is 0.333 bits per heavy atom. The number of fused-ring (bicyclic) bond motifs is 5. The maximum atomic E-state index is 5.16. The van der Waals surface area contributed by atoms with Crippen LogP contribution in [0.1, 0.15) is 0 Å². The van der Waals surface area contributed by atoms with Gasteiger partial charge in [-0.15, -0.1) is 0 Å². The predicted octanol–water partition coefficient (Wildman–Crippen LogP) is 10.3. The van der Waals surface area contributed by atoms with Crippen molar-refractivity contribution in [1.29, 1.82) is 0 Å². The predicted molar refractivity (Wildman–Crippen MR) is 185 cm³/mol. The van der Waals surface area contributed by atoms with Gasteiger partial charge in [0.1, 0.15) is 0 Å². The number of hydrogen-bond donors (Lipinski definition) is 0. The molecule has 4 nitrogen and oxygen atoms in total. The summed E-state index contributed by atoms with van der Waals surface area (Å²) < 4.78 is 2.19. The molecule has 0 bridgehead atoms. The van der Waals surface area contributed by atoms with E-state index in [0.29, 0.717) is 17.6 Å². The van der Waals surface area contributed by atoms with Gasteiger partial charge in [0.05, 0.1) is 11.0 Å². The van der Waals surface area contributed by atoms with Crippen LogP contribution in [0, 0.1) is 0 Å². The molecule has 0 fully saturated rings. The maximum Gasteiger partial charge on any atom is 0.238 e. The first-order chi connectivity index (χ1) is 22.3. The summed E-state index contributed by atoms with van der Waals surface area (Å²) >= 11 is 0. The largest absolute Gasteiger partial charge is 0.278 e. The standard InChI is InChI=1S/C41H26N4/c1-2-10-27(11-3-1)29-18-21-30(22-19-29)39-42-40(34-23-20-28-12-4-5-13-31(28)24-34)44-41(43-39)45-37-17-9-8-16-35(37)36-25-32-14-6-7-15-33(32)26-38(36)45/h1-26H. The Labute approximate surface area is 259 Å². The van der Waals surface area contributed by atoms with Crippen molar-refractivity contribution in [3.05, 3.63) is 158 Å². The van der Waals surface area contributed by atoms with Crippen LogP contribution in [0.25, 0.3) is 83.2 Å². The van der Waals surface area contributed by atoms with Gasteiger partial charge in [0.15, 0.2) is 11.6 Å². The lowest BCUT2D eigenvalue weighted by Gasteiger charge is -2.12. The molecule has 0 unspecified atom stereocenters. The van der Waals surface area contributed by atoms with Crippen LogP contribution in [-0.2, 0) is 0 Å². The fourth-order valence-corrected chi connectivity index (χ4v) is 6.36. The van der Waals surface area contributed by atoms with Crippen LogP contribution >= 0.6 is 0 Å². The molecule has 9 aromatic rings. The third-order valence-electron chi connectivity index (χ3n) is 8.62. The topological polar surface area (TPSA) is 43.6 Å². The first-order valence-electron chi connectivity index (χ1n) is 15.1. The van der Waals surface area contributed by atoms with E-state index in [9.17, 15) is 0 Å². The Kier molecular flexibility index (Phi) is 5.78. The molecule has 0 spiro atoms. The van der Waals surface area contributed by atoms with Crippen molar-refractivity contribution in [3.63, 3.8) is 0 Å². The summed E-state index contributed by atoms with van der Waals surface area (Å²) in [5.74, 6) is 1.87. The minimum absolute atomic E-state index is 0.594. The smallest absolute Gasteiger partial charge is 0.238 e. The molecule has 9 rings (SSSR count). The van der Waals surface area contributed by atoms with Crippen molar-refractivity contribution >= 4 is 43.4 Å². The van der Waals surface area contributed by atoms with E-state index in [4.69, 9.17) is 15.0 Å². The second-order valence-corrected chi connectivity index (χ2v) is 11.4. The van der Waals surface area contributed by atoms with E-state index in [1.54, 1.807) is 0 Å². The lowest BCUT2D eigenvalue weighted by Crippen LogP contribution is -2.06. The number of hydrogen-bond acceptors (Lipinski definition) is 3. The summed E-state index contributed by atoms with van der Waals surface area (Å²) in [4.78, 5) is 15.4. The lowest BCUT2D eigenvalue weighted by molar-refractivity contribution is 0.954. The quantitative estimate of drug-likeness (QED) is 0.210. The highest BCUT2D eigenvalue weighted by Crippen LogP contribution is 2.35. The molecule has 45 heavy (non-hydrogen) atoms. The first-order valence-corrected chi connectivity index (χ1v) is 15.1. The Morgan fingerprint density at radius 3 is 1.67 bits per heavy atom. The highest BCUT2D eigenvalue weighted by molar-refractivity contribution is 6.13. The summed E-state index contributed by atoms with van der Waals surface area (Å²) in [6, 6.07) is 55.2. The van der Waals surface area contributed by atoms with Gasteiger partial charge < -0.3 is 0 Å². The molecule has 0 aliphatic rings. The Balaban J connectivity index is 1.30. The van der Waals surface area contributed by atoms with Gasteiger partial charge in [0.25, 0.3) is 0 Å². The van der Waals surface area contributed by atoms with Crippen LogP contribution in [0.3, 0.4) is 0 Å². The molecule has 0 saturated carbocycles. The summed E-state index contributed by atoms with van der Waals surface area (Å²) in [5, 5.41) is 7.05. The minimum atomic E-state index is 0.594. The van der Waals surface area contributed by atoms with Gasteiger partial charge in [-0.1, -0.05) is 133 Å². The second-order valence-electron chi connectivity index (χ2n) is 11.4. The number of aromatic nitrogens is 4. The SMILES string of the molecule is c1ccc(-c2ccc(-c3nc(-c4ccc5ccccc5c4)nc(-n4c5ccccc5c5cc6ccccc6cc54)n3)cc2)cc1. The van der Waals surface area contributed by atoms with E-state index in [1.807, 2.05) is 6.07 Å². The molecule has 210 valence electrons. The summed E-state index contributed by atoms with van der Waals surface area (Å²) in [7, 11) is 0. The van der Waals surface area contributed by atoms with Crippen molar-refractivity contribution in [2.45, 2.75) is 0 Å². The van der Waals surface area contributed by atoms with E-state index < -0.39 is 0 Å². The van der Waals surface area contributed by atoms with E-state index in [2.05, 4.69) is 156 Å². The number of benzene rings is 7. The normalized spacial score (nSPS) is 11.6.